The van der Waals surface area contributed by atoms with Crippen molar-refractivity contribution in [2.75, 3.05) is 0 Å². The van der Waals surface area contributed by atoms with Gasteiger partial charge in [0.15, 0.2) is 0 Å². The van der Waals surface area contributed by atoms with E-state index in [2.05, 4.69) is 24.3 Å². The maximum atomic E-state index is 2.93. The molecule has 0 fully saturated rings. The largest absolute Gasteiger partial charge is 2.00 e. The molecule has 1 rings (SSSR count). The first-order valence-electron chi connectivity index (χ1n) is 3.65. The molecule has 0 N–H and O–H groups in total. The molecule has 0 bridgehead atoms. The number of hydrogen-bond donors (Lipinski definition) is 0. The quantitative estimate of drug-likeness (QED) is 0.382. The Morgan fingerprint density at radius 2 is 1.77 bits per heavy atom. The summed E-state index contributed by atoms with van der Waals surface area (Å²) in [5.41, 5.74) is 1.22. The fraction of sp³-hybridized carbons (Fsp3) is 0.0909. The summed E-state index contributed by atoms with van der Waals surface area (Å²) in [5, 5.41) is 0. The molecule has 0 amide bonds. The average Bonchev–Trinajstić information content (AvgIpc) is 2.07. The van der Waals surface area contributed by atoms with Crippen LogP contribution in [-0.2, 0) is 0 Å². The van der Waals surface area contributed by atoms with Crippen LogP contribution in [0.15, 0.2) is 42.5 Å². The minimum Gasteiger partial charge on any atom is -1.00 e. The fourth-order valence-electron chi connectivity index (χ4n) is 0.820. The second-order valence-electron chi connectivity index (χ2n) is 2.23. The number of halogens is 1. The Morgan fingerprint density at radius 3 is 2.31 bits per heavy atom. The molecule has 0 saturated carbocycles. The van der Waals surface area contributed by atoms with Crippen molar-refractivity contribution in [3.63, 3.8) is 0 Å². The minimum atomic E-state index is 0. The van der Waals surface area contributed by atoms with Gasteiger partial charge in [0.2, 0.25) is 0 Å². The summed E-state index contributed by atoms with van der Waals surface area (Å²) in [4.78, 5) is 0. The third-order valence-corrected chi connectivity index (χ3v) is 1.35. The van der Waals surface area contributed by atoms with E-state index in [9.17, 15) is 0 Å². The van der Waals surface area contributed by atoms with Crippen molar-refractivity contribution in [2.45, 2.75) is 6.92 Å². The second-order valence-corrected chi connectivity index (χ2v) is 2.23. The summed E-state index contributed by atoms with van der Waals surface area (Å²) in [7, 11) is 0. The van der Waals surface area contributed by atoms with Gasteiger partial charge in [0.25, 0.3) is 0 Å². The average molecular weight is 247 g/mol. The van der Waals surface area contributed by atoms with Crippen molar-refractivity contribution in [3.05, 3.63) is 54.1 Å². The molecule has 2 heteroatoms. The Hall–Kier alpha value is -0.0538. The van der Waals surface area contributed by atoms with E-state index in [1.807, 2.05) is 37.3 Å². The van der Waals surface area contributed by atoms with Crippen molar-refractivity contribution in [1.82, 2.24) is 0 Å². The van der Waals surface area contributed by atoms with E-state index in [-0.39, 0.29) is 40.0 Å². The normalized spacial score (nSPS) is 9.62. The van der Waals surface area contributed by atoms with E-state index < -0.39 is 0 Å². The van der Waals surface area contributed by atoms with E-state index in [4.69, 9.17) is 0 Å². The molecule has 0 aromatic heterocycles. The third-order valence-electron chi connectivity index (χ3n) is 1.35. The summed E-state index contributed by atoms with van der Waals surface area (Å²) in [6.07, 6.45) is 8.86. The number of hydrogen-bond acceptors (Lipinski definition) is 0. The predicted molar refractivity (Wildman–Crippen MR) is 54.7 cm³/mol. The van der Waals surface area contributed by atoms with Gasteiger partial charge in [0.05, 0.1) is 0 Å². The van der Waals surface area contributed by atoms with Gasteiger partial charge in [-0.2, -0.15) is 0 Å². The Morgan fingerprint density at radius 1 is 1.15 bits per heavy atom. The molecule has 0 aliphatic carbocycles. The molecular formula is C11H11BrMg. The molecule has 1 aromatic rings. The van der Waals surface area contributed by atoms with E-state index in [1.54, 1.807) is 0 Å². The van der Waals surface area contributed by atoms with Crippen molar-refractivity contribution < 1.29 is 17.0 Å². The molecule has 13 heavy (non-hydrogen) atoms. The van der Waals surface area contributed by atoms with Crippen LogP contribution in [0.3, 0.4) is 0 Å². The van der Waals surface area contributed by atoms with E-state index in [0.717, 1.165) is 0 Å². The molecule has 0 atom stereocenters. The molecule has 0 aliphatic rings. The van der Waals surface area contributed by atoms with Gasteiger partial charge in [0, 0.05) is 0 Å². The summed E-state index contributed by atoms with van der Waals surface area (Å²) in [6.45, 7) is 1.88. The first-order chi connectivity index (χ1) is 5.43. The van der Waals surface area contributed by atoms with E-state index >= 15 is 0 Å². The van der Waals surface area contributed by atoms with Crippen LogP contribution in [-0.4, -0.2) is 23.1 Å². The number of benzene rings is 1. The second kappa shape index (κ2) is 10.0. The van der Waals surface area contributed by atoms with Gasteiger partial charge in [-0.1, -0.05) is 30.3 Å². The first-order valence-corrected chi connectivity index (χ1v) is 3.65. The monoisotopic (exact) mass is 246 g/mol. The Bertz CT molecular complexity index is 252. The topological polar surface area (TPSA) is 0 Å². The zero-order valence-corrected chi connectivity index (χ0v) is 10.7. The number of allylic oxidation sites excluding steroid dienone is 3. The third kappa shape index (κ3) is 7.05. The van der Waals surface area contributed by atoms with E-state index in [0.29, 0.717) is 0 Å². The summed E-state index contributed by atoms with van der Waals surface area (Å²) < 4.78 is 0. The molecule has 0 heterocycles. The maximum absolute atomic E-state index is 2.93. The fourth-order valence-corrected chi connectivity index (χ4v) is 0.820. The standard InChI is InChI=1S/C11H11.BrH.Mg/c1-2-3-5-8-11-9-6-4-7-10-11;;/h3-10H,1H3;1H;/q-1;;+2/p-1/b8-5+;;. The Kier molecular flexibility index (Phi) is 11.9. The van der Waals surface area contributed by atoms with E-state index in [1.165, 1.54) is 5.56 Å². The van der Waals surface area contributed by atoms with Crippen molar-refractivity contribution in [2.24, 2.45) is 0 Å². The van der Waals surface area contributed by atoms with Crippen molar-refractivity contribution in [3.8, 4) is 0 Å². The van der Waals surface area contributed by atoms with Gasteiger partial charge in [-0.3, -0.25) is 6.08 Å². The Labute approximate surface area is 107 Å². The summed E-state index contributed by atoms with van der Waals surface area (Å²) >= 11 is 0. The van der Waals surface area contributed by atoms with Crippen LogP contribution in [0.2, 0.25) is 0 Å². The van der Waals surface area contributed by atoms with Gasteiger partial charge in [0.1, 0.15) is 0 Å². The van der Waals surface area contributed by atoms with Crippen LogP contribution in [0.4, 0.5) is 0 Å². The summed E-state index contributed by atoms with van der Waals surface area (Å²) in [6, 6.07) is 10.2. The van der Waals surface area contributed by atoms with Crippen LogP contribution in [0, 0.1) is 6.08 Å². The first kappa shape index (κ1) is 15.4. The molecular weight excluding hydrogens is 236 g/mol. The molecule has 1 aromatic carbocycles. The van der Waals surface area contributed by atoms with Gasteiger partial charge in [-0.25, -0.2) is 12.2 Å². The summed E-state index contributed by atoms with van der Waals surface area (Å²) in [5.74, 6) is 0. The molecule has 0 saturated heterocycles. The maximum Gasteiger partial charge on any atom is 2.00 e. The molecule has 0 radical (unpaired) electrons. The molecule has 0 unspecified atom stereocenters. The van der Waals surface area contributed by atoms with Crippen molar-refractivity contribution in [1.29, 1.82) is 0 Å². The van der Waals surface area contributed by atoms with Gasteiger partial charge < -0.3 is 17.0 Å². The van der Waals surface area contributed by atoms with Gasteiger partial charge in [-0.15, -0.1) is 13.0 Å². The Balaban J connectivity index is 0. The van der Waals surface area contributed by atoms with Crippen LogP contribution in [0.25, 0.3) is 6.08 Å². The predicted octanol–water partition coefficient (Wildman–Crippen LogP) is -0.298. The minimum absolute atomic E-state index is 0. The van der Waals surface area contributed by atoms with Crippen molar-refractivity contribution >= 4 is 29.1 Å². The molecule has 0 spiro atoms. The van der Waals surface area contributed by atoms with Gasteiger partial charge >= 0.3 is 23.1 Å². The number of rotatable bonds is 2. The smallest absolute Gasteiger partial charge is 1.00 e. The van der Waals surface area contributed by atoms with Crippen LogP contribution >= 0.6 is 0 Å². The molecule has 0 nitrogen and oxygen atoms in total. The van der Waals surface area contributed by atoms with Crippen LogP contribution in [0.1, 0.15) is 12.5 Å². The van der Waals surface area contributed by atoms with Crippen LogP contribution in [0.5, 0.6) is 0 Å². The molecule has 0 aliphatic heterocycles. The zero-order valence-electron chi connectivity index (χ0n) is 7.70. The SMILES string of the molecule is C[C-]=C/C=C/c1ccccc1.[Br-].[Mg+2]. The molecule has 64 valence electrons. The van der Waals surface area contributed by atoms with Crippen LogP contribution < -0.4 is 17.0 Å². The zero-order chi connectivity index (χ0) is 7.94. The van der Waals surface area contributed by atoms with Gasteiger partial charge in [-0.05, 0) is 5.56 Å².